The fraction of sp³-hybridized carbons (Fsp3) is 0.316. The predicted molar refractivity (Wildman–Crippen MR) is 103 cm³/mol. The molecule has 7 heteroatoms. The number of likely N-dealkylation sites (tertiary alicyclic amines) is 1. The molecule has 3 rings (SSSR count). The lowest BCUT2D eigenvalue weighted by molar-refractivity contribution is 0.0724. The number of piperidine rings is 1. The van der Waals surface area contributed by atoms with Crippen molar-refractivity contribution < 1.29 is 13.2 Å². The predicted octanol–water partition coefficient (Wildman–Crippen LogP) is 4.08. The largest absolute Gasteiger partial charge is 0.339 e. The van der Waals surface area contributed by atoms with Crippen LogP contribution < -0.4 is 4.72 Å². The van der Waals surface area contributed by atoms with Gasteiger partial charge in [0, 0.05) is 23.7 Å². The summed E-state index contributed by atoms with van der Waals surface area (Å²) in [5.41, 5.74) is 1.63. The number of hydrogen-bond donors (Lipinski definition) is 1. The number of nitrogens with one attached hydrogen (secondary N) is 1. The Balaban J connectivity index is 1.83. The zero-order valence-electron chi connectivity index (χ0n) is 14.5. The number of carbonyl (C=O) groups is 1. The third-order valence-corrected chi connectivity index (χ3v) is 6.24. The molecule has 0 atom stereocenters. The van der Waals surface area contributed by atoms with Crippen LogP contribution >= 0.6 is 11.6 Å². The van der Waals surface area contributed by atoms with Gasteiger partial charge in [0.15, 0.2) is 0 Å². The average molecular weight is 393 g/mol. The van der Waals surface area contributed by atoms with Gasteiger partial charge in [0.25, 0.3) is 15.9 Å². The van der Waals surface area contributed by atoms with E-state index in [4.69, 9.17) is 11.6 Å². The lowest BCUT2D eigenvalue weighted by Crippen LogP contribution is -2.35. The molecule has 0 unspecified atom stereocenters. The molecule has 26 heavy (non-hydrogen) atoms. The van der Waals surface area contributed by atoms with Gasteiger partial charge in [-0.2, -0.15) is 0 Å². The summed E-state index contributed by atoms with van der Waals surface area (Å²) in [6.07, 6.45) is 3.10. The molecule has 2 aromatic carbocycles. The van der Waals surface area contributed by atoms with Crippen molar-refractivity contribution in [2.24, 2.45) is 0 Å². The van der Waals surface area contributed by atoms with Gasteiger partial charge in [-0.15, -0.1) is 0 Å². The molecular weight excluding hydrogens is 372 g/mol. The van der Waals surface area contributed by atoms with Crippen molar-refractivity contribution in [3.63, 3.8) is 0 Å². The molecule has 1 N–H and O–H groups in total. The molecule has 1 fully saturated rings. The maximum absolute atomic E-state index is 12.7. The standard InChI is InChI=1S/C19H21ClN2O3S/c1-14-8-9-16(13-18(14)20)21-26(24,25)17-7-5-6-15(12-17)19(23)22-10-3-2-4-11-22/h5-9,12-13,21H,2-4,10-11H2,1H3. The number of benzene rings is 2. The van der Waals surface area contributed by atoms with E-state index in [9.17, 15) is 13.2 Å². The monoisotopic (exact) mass is 392 g/mol. The zero-order chi connectivity index (χ0) is 18.7. The van der Waals surface area contributed by atoms with Gasteiger partial charge in [0.1, 0.15) is 0 Å². The normalized spacial score (nSPS) is 14.9. The first-order valence-corrected chi connectivity index (χ1v) is 10.4. The quantitative estimate of drug-likeness (QED) is 0.852. The Kier molecular flexibility index (Phi) is 5.53. The Morgan fingerprint density at radius 3 is 2.50 bits per heavy atom. The van der Waals surface area contributed by atoms with E-state index < -0.39 is 10.0 Å². The van der Waals surface area contributed by atoms with E-state index in [2.05, 4.69) is 4.72 Å². The fourth-order valence-electron chi connectivity index (χ4n) is 2.95. The molecule has 1 aliphatic rings. The smallest absolute Gasteiger partial charge is 0.261 e. The highest BCUT2D eigenvalue weighted by molar-refractivity contribution is 7.92. The van der Waals surface area contributed by atoms with Crippen LogP contribution in [0.1, 0.15) is 35.2 Å². The highest BCUT2D eigenvalue weighted by atomic mass is 35.5. The Bertz CT molecular complexity index is 922. The minimum atomic E-state index is -3.81. The topological polar surface area (TPSA) is 66.5 Å². The first-order chi connectivity index (χ1) is 12.4. The van der Waals surface area contributed by atoms with Crippen LogP contribution in [0.5, 0.6) is 0 Å². The Hall–Kier alpha value is -2.05. The third kappa shape index (κ3) is 4.19. The third-order valence-electron chi connectivity index (χ3n) is 4.46. The second-order valence-corrected chi connectivity index (χ2v) is 8.54. The number of sulfonamides is 1. The number of amides is 1. The van der Waals surface area contributed by atoms with E-state index in [1.807, 2.05) is 6.92 Å². The highest BCUT2D eigenvalue weighted by Gasteiger charge is 2.21. The summed E-state index contributed by atoms with van der Waals surface area (Å²) in [5.74, 6) is -0.125. The van der Waals surface area contributed by atoms with Crippen molar-refractivity contribution in [3.05, 3.63) is 58.6 Å². The lowest BCUT2D eigenvalue weighted by Gasteiger charge is -2.26. The maximum Gasteiger partial charge on any atom is 0.261 e. The highest BCUT2D eigenvalue weighted by Crippen LogP contribution is 2.23. The van der Waals surface area contributed by atoms with Gasteiger partial charge in [0.2, 0.25) is 0 Å². The molecule has 1 aliphatic heterocycles. The summed E-state index contributed by atoms with van der Waals surface area (Å²) in [5, 5.41) is 0.485. The van der Waals surface area contributed by atoms with Crippen molar-refractivity contribution in [1.29, 1.82) is 0 Å². The molecule has 2 aromatic rings. The first-order valence-electron chi connectivity index (χ1n) is 8.55. The number of anilines is 1. The summed E-state index contributed by atoms with van der Waals surface area (Å²) in [7, 11) is -3.81. The Morgan fingerprint density at radius 1 is 1.08 bits per heavy atom. The molecule has 1 amide bonds. The van der Waals surface area contributed by atoms with Crippen LogP contribution in [0, 0.1) is 6.92 Å². The van der Waals surface area contributed by atoms with Gasteiger partial charge < -0.3 is 4.90 Å². The van der Waals surface area contributed by atoms with Crippen LogP contribution in [0.25, 0.3) is 0 Å². The zero-order valence-corrected chi connectivity index (χ0v) is 16.1. The molecule has 0 radical (unpaired) electrons. The minimum absolute atomic E-state index is 0.0528. The summed E-state index contributed by atoms with van der Waals surface area (Å²) in [6, 6.07) is 11.1. The number of halogens is 1. The second kappa shape index (κ2) is 7.68. The number of hydrogen-bond acceptors (Lipinski definition) is 3. The molecule has 0 saturated carbocycles. The molecule has 0 aromatic heterocycles. The van der Waals surface area contributed by atoms with Crippen molar-refractivity contribution in [2.45, 2.75) is 31.1 Å². The van der Waals surface area contributed by atoms with Gasteiger partial charge in [-0.3, -0.25) is 9.52 Å². The Labute approximate surface area is 159 Å². The van der Waals surface area contributed by atoms with Gasteiger partial charge in [0.05, 0.1) is 10.6 Å². The summed E-state index contributed by atoms with van der Waals surface area (Å²) < 4.78 is 27.9. The van der Waals surface area contributed by atoms with Crippen molar-refractivity contribution in [3.8, 4) is 0 Å². The van der Waals surface area contributed by atoms with Gasteiger partial charge in [-0.25, -0.2) is 8.42 Å². The van der Waals surface area contributed by atoms with E-state index >= 15 is 0 Å². The van der Waals surface area contributed by atoms with Crippen LogP contribution in [0.3, 0.4) is 0 Å². The van der Waals surface area contributed by atoms with Crippen molar-refractivity contribution in [1.82, 2.24) is 4.90 Å². The van der Waals surface area contributed by atoms with Crippen LogP contribution in [0.2, 0.25) is 5.02 Å². The van der Waals surface area contributed by atoms with Crippen LogP contribution in [0.4, 0.5) is 5.69 Å². The van der Waals surface area contributed by atoms with Gasteiger partial charge in [-0.05, 0) is 62.1 Å². The SMILES string of the molecule is Cc1ccc(NS(=O)(=O)c2cccc(C(=O)N3CCCCC3)c2)cc1Cl. The van der Waals surface area contributed by atoms with Gasteiger partial charge >= 0.3 is 0 Å². The number of carbonyl (C=O) groups excluding carboxylic acids is 1. The molecule has 0 spiro atoms. The number of aryl methyl sites for hydroxylation is 1. The molecule has 138 valence electrons. The molecule has 0 aliphatic carbocycles. The van der Waals surface area contributed by atoms with Gasteiger partial charge in [-0.1, -0.05) is 23.7 Å². The van der Waals surface area contributed by atoms with Crippen LogP contribution in [-0.4, -0.2) is 32.3 Å². The molecule has 0 bridgehead atoms. The molecule has 1 heterocycles. The summed E-state index contributed by atoms with van der Waals surface area (Å²) in [6.45, 7) is 3.28. The summed E-state index contributed by atoms with van der Waals surface area (Å²) in [4.78, 5) is 14.4. The number of nitrogens with zero attached hydrogens (tertiary/aromatic N) is 1. The fourth-order valence-corrected chi connectivity index (χ4v) is 4.22. The minimum Gasteiger partial charge on any atom is -0.339 e. The van der Waals surface area contributed by atoms with Crippen molar-refractivity contribution >= 4 is 33.2 Å². The summed E-state index contributed by atoms with van der Waals surface area (Å²) >= 11 is 6.06. The van der Waals surface area contributed by atoms with E-state index in [1.165, 1.54) is 12.1 Å². The molecule has 5 nitrogen and oxygen atoms in total. The second-order valence-electron chi connectivity index (χ2n) is 6.45. The lowest BCUT2D eigenvalue weighted by atomic mass is 10.1. The van der Waals surface area contributed by atoms with E-state index in [-0.39, 0.29) is 10.8 Å². The number of rotatable bonds is 4. The van der Waals surface area contributed by atoms with E-state index in [0.29, 0.717) is 16.3 Å². The maximum atomic E-state index is 12.7. The first kappa shape index (κ1) is 18.7. The molecule has 1 saturated heterocycles. The van der Waals surface area contributed by atoms with E-state index in [0.717, 1.165) is 37.9 Å². The van der Waals surface area contributed by atoms with Crippen molar-refractivity contribution in [2.75, 3.05) is 17.8 Å². The van der Waals surface area contributed by atoms with Crippen LogP contribution in [-0.2, 0) is 10.0 Å². The molecular formula is C19H21ClN2O3S. The van der Waals surface area contributed by atoms with Crippen LogP contribution in [0.15, 0.2) is 47.4 Å². The Morgan fingerprint density at radius 2 is 1.81 bits per heavy atom. The van der Waals surface area contributed by atoms with E-state index in [1.54, 1.807) is 35.2 Å². The average Bonchev–Trinajstić information content (AvgIpc) is 2.65.